The van der Waals surface area contributed by atoms with E-state index in [1.165, 1.54) is 0 Å². The maximum absolute atomic E-state index is 12.4. The fraction of sp³-hybridized carbons (Fsp3) is 0.350. The van der Waals surface area contributed by atoms with Crippen LogP contribution in [0, 0.1) is 6.92 Å². The first-order chi connectivity index (χ1) is 12.5. The number of carbonyl (C=O) groups excluding carboxylic acids is 1. The molecule has 5 nitrogen and oxygen atoms in total. The number of ether oxygens (including phenoxy) is 2. The molecule has 2 aromatic carbocycles. The molecule has 1 heterocycles. The zero-order chi connectivity index (χ0) is 18.5. The molecule has 0 aromatic heterocycles. The van der Waals surface area contributed by atoms with Crippen LogP contribution in [0.25, 0.3) is 0 Å². The van der Waals surface area contributed by atoms with Crippen molar-refractivity contribution in [3.05, 3.63) is 52.5 Å². The minimum absolute atomic E-state index is 0.0477. The van der Waals surface area contributed by atoms with E-state index in [0.717, 1.165) is 33.8 Å². The van der Waals surface area contributed by atoms with Gasteiger partial charge in [0.2, 0.25) is 5.91 Å². The fourth-order valence-electron chi connectivity index (χ4n) is 2.86. The molecule has 1 N–H and O–H groups in total. The van der Waals surface area contributed by atoms with Crippen LogP contribution in [0.2, 0.25) is 0 Å². The van der Waals surface area contributed by atoms with E-state index in [2.05, 4.69) is 26.1 Å². The van der Waals surface area contributed by atoms with Crippen LogP contribution in [-0.4, -0.2) is 43.2 Å². The number of nitrogens with one attached hydrogen (secondary N) is 1. The van der Waals surface area contributed by atoms with E-state index in [9.17, 15) is 4.79 Å². The van der Waals surface area contributed by atoms with Gasteiger partial charge < -0.3 is 14.8 Å². The van der Waals surface area contributed by atoms with Crippen LogP contribution in [0.15, 0.2) is 46.9 Å². The number of halogens is 1. The molecule has 0 aliphatic carbocycles. The molecule has 1 aliphatic rings. The van der Waals surface area contributed by atoms with Crippen LogP contribution in [0.5, 0.6) is 11.5 Å². The Kier molecular flexibility index (Phi) is 6.16. The molecule has 1 unspecified atom stereocenters. The van der Waals surface area contributed by atoms with Crippen molar-refractivity contribution in [2.75, 3.05) is 31.6 Å². The monoisotopic (exact) mass is 418 g/mol. The second-order valence-electron chi connectivity index (χ2n) is 6.36. The van der Waals surface area contributed by atoms with E-state index in [4.69, 9.17) is 9.47 Å². The fourth-order valence-corrected chi connectivity index (χ4v) is 3.45. The lowest BCUT2D eigenvalue weighted by atomic mass is 10.2. The van der Waals surface area contributed by atoms with Gasteiger partial charge in [0.25, 0.3) is 0 Å². The summed E-state index contributed by atoms with van der Waals surface area (Å²) in [5, 5.41) is 2.96. The van der Waals surface area contributed by atoms with Crippen molar-refractivity contribution >= 4 is 27.5 Å². The highest BCUT2D eigenvalue weighted by molar-refractivity contribution is 9.10. The Hall–Kier alpha value is -2.05. The minimum atomic E-state index is -0.0937. The number of anilines is 1. The standard InChI is InChI=1S/C20H23BrN2O3/c1-3-23(11-15-13-25-18-6-4-5-7-19(18)26-15)12-20(24)22-17-9-8-14(2)10-16(17)21/h4-10,15H,3,11-13H2,1-2H3,(H,22,24). The van der Waals surface area contributed by atoms with Crippen molar-refractivity contribution in [3.8, 4) is 11.5 Å². The van der Waals surface area contributed by atoms with E-state index >= 15 is 0 Å². The lowest BCUT2D eigenvalue weighted by molar-refractivity contribution is -0.117. The number of benzene rings is 2. The first-order valence-corrected chi connectivity index (χ1v) is 9.51. The first kappa shape index (κ1) is 18.7. The molecule has 1 atom stereocenters. The molecule has 1 aliphatic heterocycles. The van der Waals surface area contributed by atoms with E-state index in [-0.39, 0.29) is 12.0 Å². The van der Waals surface area contributed by atoms with E-state index < -0.39 is 0 Å². The highest BCUT2D eigenvalue weighted by Gasteiger charge is 2.23. The summed E-state index contributed by atoms with van der Waals surface area (Å²) in [6.45, 7) is 6.22. The van der Waals surface area contributed by atoms with Gasteiger partial charge in [0.1, 0.15) is 12.7 Å². The quantitative estimate of drug-likeness (QED) is 0.773. The third-order valence-corrected chi connectivity index (χ3v) is 4.90. The number of para-hydroxylation sites is 2. The average molecular weight is 419 g/mol. The number of hydrogen-bond acceptors (Lipinski definition) is 4. The van der Waals surface area contributed by atoms with Gasteiger partial charge in [0.15, 0.2) is 11.5 Å². The Balaban J connectivity index is 1.55. The molecule has 26 heavy (non-hydrogen) atoms. The van der Waals surface area contributed by atoms with Crippen LogP contribution in [-0.2, 0) is 4.79 Å². The van der Waals surface area contributed by atoms with Crippen LogP contribution < -0.4 is 14.8 Å². The van der Waals surface area contributed by atoms with Gasteiger partial charge in [-0.2, -0.15) is 0 Å². The minimum Gasteiger partial charge on any atom is -0.486 e. The molecule has 0 fully saturated rings. The highest BCUT2D eigenvalue weighted by atomic mass is 79.9. The van der Waals surface area contributed by atoms with Crippen molar-refractivity contribution in [1.82, 2.24) is 4.90 Å². The first-order valence-electron chi connectivity index (χ1n) is 8.72. The number of nitrogens with zero attached hydrogens (tertiary/aromatic N) is 1. The second-order valence-corrected chi connectivity index (χ2v) is 7.21. The van der Waals surface area contributed by atoms with E-state index in [1.54, 1.807) is 0 Å². The molecule has 1 amide bonds. The van der Waals surface area contributed by atoms with Crippen molar-refractivity contribution < 1.29 is 14.3 Å². The number of amides is 1. The van der Waals surface area contributed by atoms with Crippen LogP contribution >= 0.6 is 15.9 Å². The molecule has 138 valence electrons. The number of fused-ring (bicyclic) bond motifs is 1. The molecule has 3 rings (SSSR count). The molecule has 0 saturated heterocycles. The Morgan fingerprint density at radius 1 is 1.27 bits per heavy atom. The van der Waals surface area contributed by atoms with Crippen LogP contribution in [0.1, 0.15) is 12.5 Å². The zero-order valence-electron chi connectivity index (χ0n) is 15.0. The highest BCUT2D eigenvalue weighted by Crippen LogP contribution is 2.31. The molecule has 0 saturated carbocycles. The van der Waals surface area contributed by atoms with Gasteiger partial charge in [0, 0.05) is 11.0 Å². The number of likely N-dealkylation sites (N-methyl/N-ethyl adjacent to an activating group) is 1. The van der Waals surface area contributed by atoms with Gasteiger partial charge in [-0.3, -0.25) is 9.69 Å². The summed E-state index contributed by atoms with van der Waals surface area (Å²) in [5.74, 6) is 1.48. The Labute approximate surface area is 162 Å². The van der Waals surface area contributed by atoms with Crippen molar-refractivity contribution in [3.63, 3.8) is 0 Å². The maximum atomic E-state index is 12.4. The molecular weight excluding hydrogens is 396 g/mol. The summed E-state index contributed by atoms with van der Waals surface area (Å²) in [6.07, 6.45) is -0.0937. The molecule has 2 aromatic rings. The number of hydrogen-bond donors (Lipinski definition) is 1. The van der Waals surface area contributed by atoms with Crippen molar-refractivity contribution in [2.24, 2.45) is 0 Å². The third kappa shape index (κ3) is 4.77. The van der Waals surface area contributed by atoms with Crippen molar-refractivity contribution in [2.45, 2.75) is 20.0 Å². The Morgan fingerprint density at radius 3 is 2.77 bits per heavy atom. The lowest BCUT2D eigenvalue weighted by Gasteiger charge is -2.30. The number of aryl methyl sites for hydroxylation is 1. The summed E-state index contributed by atoms with van der Waals surface area (Å²) in [4.78, 5) is 14.5. The molecule has 0 bridgehead atoms. The van der Waals surface area contributed by atoms with Gasteiger partial charge in [-0.05, 0) is 59.2 Å². The largest absolute Gasteiger partial charge is 0.486 e. The topological polar surface area (TPSA) is 50.8 Å². The smallest absolute Gasteiger partial charge is 0.238 e. The summed E-state index contributed by atoms with van der Waals surface area (Å²) < 4.78 is 12.6. The summed E-state index contributed by atoms with van der Waals surface area (Å²) in [5.41, 5.74) is 1.92. The summed E-state index contributed by atoms with van der Waals surface area (Å²) >= 11 is 3.49. The van der Waals surface area contributed by atoms with Crippen molar-refractivity contribution in [1.29, 1.82) is 0 Å². The maximum Gasteiger partial charge on any atom is 0.238 e. The summed E-state index contributed by atoms with van der Waals surface area (Å²) in [7, 11) is 0. The van der Waals surface area contributed by atoms with Crippen LogP contribution in [0.4, 0.5) is 5.69 Å². The molecule has 0 radical (unpaired) electrons. The lowest BCUT2D eigenvalue weighted by Crippen LogP contribution is -2.43. The number of rotatable bonds is 6. The second kappa shape index (κ2) is 8.56. The zero-order valence-corrected chi connectivity index (χ0v) is 16.6. The Morgan fingerprint density at radius 2 is 2.04 bits per heavy atom. The van der Waals surface area contributed by atoms with Gasteiger partial charge in [0.05, 0.1) is 12.2 Å². The normalized spacial score (nSPS) is 15.8. The Bertz CT molecular complexity index is 781. The average Bonchev–Trinajstić information content (AvgIpc) is 2.63. The van der Waals surface area contributed by atoms with Gasteiger partial charge in [-0.15, -0.1) is 0 Å². The molecule has 6 heteroatoms. The van der Waals surface area contributed by atoms with Gasteiger partial charge in [-0.1, -0.05) is 25.1 Å². The SMILES string of the molecule is CCN(CC(=O)Nc1ccc(C)cc1Br)CC1COc2ccccc2O1. The van der Waals surface area contributed by atoms with Gasteiger partial charge >= 0.3 is 0 Å². The third-order valence-electron chi connectivity index (χ3n) is 4.24. The summed E-state index contributed by atoms with van der Waals surface area (Å²) in [6, 6.07) is 13.5. The van der Waals surface area contributed by atoms with E-state index in [0.29, 0.717) is 19.7 Å². The molecular formula is C20H23BrN2O3. The van der Waals surface area contributed by atoms with Gasteiger partial charge in [-0.25, -0.2) is 0 Å². The van der Waals surface area contributed by atoms with E-state index in [1.807, 2.05) is 56.3 Å². The predicted octanol–water partition coefficient (Wildman–Crippen LogP) is 3.86. The molecule has 0 spiro atoms. The number of carbonyl (C=O) groups is 1. The van der Waals surface area contributed by atoms with Crippen LogP contribution in [0.3, 0.4) is 0 Å². The predicted molar refractivity (Wildman–Crippen MR) is 106 cm³/mol.